The zero-order valence-electron chi connectivity index (χ0n) is 30.8. The number of azo groups is 1. The van der Waals surface area contributed by atoms with Gasteiger partial charge in [0.2, 0.25) is 5.75 Å². The van der Waals surface area contributed by atoms with E-state index in [2.05, 4.69) is 10.2 Å². The Balaban J connectivity index is 1.32. The lowest BCUT2D eigenvalue weighted by Gasteiger charge is -2.18. The highest BCUT2D eigenvalue weighted by Gasteiger charge is 2.22. The van der Waals surface area contributed by atoms with E-state index in [1.54, 1.807) is 99.1 Å². The van der Waals surface area contributed by atoms with Crippen LogP contribution in [-0.4, -0.2) is 105 Å². The Kier molecular flexibility index (Phi) is 16.7. The summed E-state index contributed by atoms with van der Waals surface area (Å²) in [6.45, 7) is 3.92. The van der Waals surface area contributed by atoms with Gasteiger partial charge in [-0.25, -0.2) is 9.59 Å². The molecular weight excluding hydrogens is 716 g/mol. The molecule has 0 saturated carbocycles. The molecule has 0 saturated heterocycles. The second-order valence-corrected chi connectivity index (χ2v) is 11.5. The first-order valence-corrected chi connectivity index (χ1v) is 17.6. The Morgan fingerprint density at radius 3 is 1.51 bits per heavy atom. The quantitative estimate of drug-likeness (QED) is 0.0601. The Labute approximate surface area is 318 Å². The van der Waals surface area contributed by atoms with Crippen molar-refractivity contribution in [2.45, 2.75) is 0 Å². The summed E-state index contributed by atoms with van der Waals surface area (Å²) in [5.74, 6) is 0.795. The van der Waals surface area contributed by atoms with Gasteiger partial charge in [-0.15, -0.1) is 5.11 Å². The molecule has 0 unspecified atom stereocenters. The van der Waals surface area contributed by atoms with Gasteiger partial charge in [-0.2, -0.15) is 5.11 Å². The van der Waals surface area contributed by atoms with Gasteiger partial charge in [0.25, 0.3) is 0 Å². The van der Waals surface area contributed by atoms with Gasteiger partial charge in [0, 0.05) is 14.2 Å². The first-order valence-electron chi connectivity index (χ1n) is 17.6. The van der Waals surface area contributed by atoms with Gasteiger partial charge in [-0.3, -0.25) is 0 Å². The monoisotopic (exact) mass is 760 g/mol. The van der Waals surface area contributed by atoms with E-state index in [-0.39, 0.29) is 43.7 Å². The third kappa shape index (κ3) is 13.3. The van der Waals surface area contributed by atoms with Crippen molar-refractivity contribution in [1.29, 1.82) is 0 Å². The lowest BCUT2D eigenvalue weighted by molar-refractivity contribution is 0.00704. The molecule has 0 aromatic heterocycles. The first kappa shape index (κ1) is 40.6. The van der Waals surface area contributed by atoms with E-state index in [0.717, 1.165) is 0 Å². The molecule has 0 N–H and O–H groups in total. The molecule has 1 aliphatic heterocycles. The van der Waals surface area contributed by atoms with Crippen LogP contribution in [-0.2, 0) is 23.7 Å². The molecule has 0 fully saturated rings. The van der Waals surface area contributed by atoms with Gasteiger partial charge in [0.15, 0.2) is 11.5 Å². The van der Waals surface area contributed by atoms with Crippen LogP contribution in [0.5, 0.6) is 34.5 Å². The maximum absolute atomic E-state index is 13.3. The summed E-state index contributed by atoms with van der Waals surface area (Å²) in [6, 6.07) is 22.8. The molecule has 5 rings (SSSR count). The van der Waals surface area contributed by atoms with Crippen molar-refractivity contribution in [3.63, 3.8) is 0 Å². The lowest BCUT2D eigenvalue weighted by atomic mass is 10.2. The van der Waals surface area contributed by atoms with E-state index in [9.17, 15) is 9.59 Å². The fourth-order valence-corrected chi connectivity index (χ4v) is 4.79. The summed E-state index contributed by atoms with van der Waals surface area (Å²) in [6.07, 6.45) is 0. The molecule has 0 radical (unpaired) electrons. The van der Waals surface area contributed by atoms with E-state index in [1.165, 1.54) is 0 Å². The Bertz CT molecular complexity index is 1800. The number of hydrogen-bond donors (Lipinski definition) is 0. The summed E-state index contributed by atoms with van der Waals surface area (Å²) >= 11 is 0. The number of hydrogen-bond acceptors (Lipinski definition) is 15. The van der Waals surface area contributed by atoms with Gasteiger partial charge >= 0.3 is 11.9 Å². The topological polar surface area (TPSA) is 160 Å². The molecular formula is C40H44N2O13. The minimum Gasteiger partial charge on any atom is -0.491 e. The summed E-state index contributed by atoms with van der Waals surface area (Å²) in [5.41, 5.74) is 1.42. The zero-order valence-corrected chi connectivity index (χ0v) is 30.8. The maximum atomic E-state index is 13.3. The van der Waals surface area contributed by atoms with Gasteiger partial charge in [-0.1, -0.05) is 0 Å². The summed E-state index contributed by atoms with van der Waals surface area (Å²) < 4.78 is 61.5. The standard InChI is InChI=1S/C40H44N2O13/c1-45-17-25-50-32-9-3-29(4-10-32)39(43)54-34-13-7-31(8-14-34)41-42-35-15-16-36(55-40(44)30-5-11-33(12-6-30)51-26-18-46-2)38-37(35)52-27-23-48-21-19-47-20-22-49-24-28-53-38/h3-16H,17-28H2,1-2H3. The van der Waals surface area contributed by atoms with Crippen molar-refractivity contribution in [3.05, 3.63) is 96.1 Å². The average molecular weight is 761 g/mol. The number of carbonyl (C=O) groups excluding carboxylic acids is 2. The largest absolute Gasteiger partial charge is 0.491 e. The smallest absolute Gasteiger partial charge is 0.343 e. The Hall–Kier alpha value is -5.58. The van der Waals surface area contributed by atoms with Crippen LogP contribution in [0, 0.1) is 0 Å². The number of nitrogens with zero attached hydrogens (tertiary/aromatic N) is 2. The molecule has 292 valence electrons. The number of rotatable bonds is 14. The third-order valence-electron chi connectivity index (χ3n) is 7.56. The number of fused-ring (bicyclic) bond motifs is 1. The van der Waals surface area contributed by atoms with Crippen molar-refractivity contribution < 1.29 is 61.7 Å². The molecule has 0 aliphatic carbocycles. The van der Waals surface area contributed by atoms with Crippen LogP contribution in [0.2, 0.25) is 0 Å². The van der Waals surface area contributed by atoms with Crippen molar-refractivity contribution in [1.82, 2.24) is 0 Å². The molecule has 0 spiro atoms. The number of carbonyl (C=O) groups is 2. The van der Waals surface area contributed by atoms with Crippen molar-refractivity contribution in [2.24, 2.45) is 10.2 Å². The van der Waals surface area contributed by atoms with E-state index in [4.69, 9.17) is 52.1 Å². The highest BCUT2D eigenvalue weighted by Crippen LogP contribution is 2.45. The molecule has 1 heterocycles. The van der Waals surface area contributed by atoms with Crippen LogP contribution < -0.4 is 28.4 Å². The van der Waals surface area contributed by atoms with Crippen molar-refractivity contribution in [3.8, 4) is 34.5 Å². The van der Waals surface area contributed by atoms with Crippen molar-refractivity contribution >= 4 is 23.3 Å². The molecule has 1 aliphatic rings. The predicted molar refractivity (Wildman–Crippen MR) is 198 cm³/mol. The van der Waals surface area contributed by atoms with Gasteiger partial charge in [0.1, 0.15) is 49.4 Å². The number of esters is 2. The van der Waals surface area contributed by atoms with E-state index in [0.29, 0.717) is 92.6 Å². The number of benzene rings is 4. The second kappa shape index (κ2) is 22.6. The van der Waals surface area contributed by atoms with Gasteiger partial charge in [0.05, 0.1) is 69.7 Å². The highest BCUT2D eigenvalue weighted by atomic mass is 16.6. The molecule has 15 nitrogen and oxygen atoms in total. The van der Waals surface area contributed by atoms with Crippen molar-refractivity contribution in [2.75, 3.05) is 93.5 Å². The molecule has 4 aromatic carbocycles. The average Bonchev–Trinajstić information content (AvgIpc) is 3.22. The van der Waals surface area contributed by atoms with Crippen LogP contribution in [0.15, 0.2) is 95.2 Å². The van der Waals surface area contributed by atoms with Crippen LogP contribution in [0.4, 0.5) is 11.4 Å². The second-order valence-electron chi connectivity index (χ2n) is 11.5. The van der Waals surface area contributed by atoms with Crippen LogP contribution >= 0.6 is 0 Å². The van der Waals surface area contributed by atoms with Crippen LogP contribution in [0.25, 0.3) is 0 Å². The molecule has 0 bridgehead atoms. The Morgan fingerprint density at radius 2 is 0.982 bits per heavy atom. The number of methoxy groups -OCH3 is 2. The lowest BCUT2D eigenvalue weighted by Crippen LogP contribution is -2.14. The van der Waals surface area contributed by atoms with Crippen LogP contribution in [0.1, 0.15) is 20.7 Å². The normalized spacial score (nSPS) is 14.0. The van der Waals surface area contributed by atoms with Crippen LogP contribution in [0.3, 0.4) is 0 Å². The fraction of sp³-hybridized carbons (Fsp3) is 0.350. The molecule has 0 atom stereocenters. The van der Waals surface area contributed by atoms with E-state index < -0.39 is 11.9 Å². The third-order valence-corrected chi connectivity index (χ3v) is 7.56. The first-order chi connectivity index (χ1) is 27.0. The minimum absolute atomic E-state index is 0.104. The Morgan fingerprint density at radius 1 is 0.509 bits per heavy atom. The summed E-state index contributed by atoms with van der Waals surface area (Å²) in [7, 11) is 3.18. The molecule has 15 heteroatoms. The molecule has 4 aromatic rings. The molecule has 0 amide bonds. The fourth-order valence-electron chi connectivity index (χ4n) is 4.79. The summed E-state index contributed by atoms with van der Waals surface area (Å²) in [4.78, 5) is 26.0. The summed E-state index contributed by atoms with van der Waals surface area (Å²) in [5, 5.41) is 8.81. The van der Waals surface area contributed by atoms with Gasteiger partial charge in [-0.05, 0) is 84.9 Å². The van der Waals surface area contributed by atoms with Gasteiger partial charge < -0.3 is 52.1 Å². The van der Waals surface area contributed by atoms with E-state index >= 15 is 0 Å². The van der Waals surface area contributed by atoms with E-state index in [1.807, 2.05) is 0 Å². The minimum atomic E-state index is -0.624. The zero-order chi connectivity index (χ0) is 38.5. The maximum Gasteiger partial charge on any atom is 0.343 e. The predicted octanol–water partition coefficient (Wildman–Crippen LogP) is 6.41. The highest BCUT2D eigenvalue weighted by molar-refractivity contribution is 5.92. The number of ether oxygens (including phenoxy) is 11. The molecule has 55 heavy (non-hydrogen) atoms. The SMILES string of the molecule is COCCOc1ccc(C(=O)Oc2ccc(N=Nc3ccc(OC(=O)c4ccc(OCCOC)cc4)c4c3OCCOCCOCCOCCO4)cc2)cc1.